The smallest absolute Gasteiger partial charge is 0.417 e. The van der Waals surface area contributed by atoms with E-state index in [0.29, 0.717) is 12.2 Å². The van der Waals surface area contributed by atoms with E-state index in [1.54, 1.807) is 18.2 Å². The van der Waals surface area contributed by atoms with Gasteiger partial charge in [-0.15, -0.1) is 0 Å². The summed E-state index contributed by atoms with van der Waals surface area (Å²) in [6, 6.07) is 9.13. The number of halogens is 3. The highest BCUT2D eigenvalue weighted by Crippen LogP contribution is 2.31. The van der Waals surface area contributed by atoms with Crippen LogP contribution in [0.3, 0.4) is 0 Å². The number of amides is 1. The minimum atomic E-state index is -4.44. The van der Waals surface area contributed by atoms with Gasteiger partial charge in [-0.05, 0) is 49.4 Å². The van der Waals surface area contributed by atoms with Crippen molar-refractivity contribution in [2.45, 2.75) is 37.9 Å². The van der Waals surface area contributed by atoms with Crippen LogP contribution >= 0.6 is 0 Å². The molecule has 2 N–H and O–H groups in total. The van der Waals surface area contributed by atoms with Gasteiger partial charge < -0.3 is 15.2 Å². The lowest BCUT2D eigenvalue weighted by atomic mass is 9.89. The number of hydrogen-bond donors (Lipinski definition) is 2. The Labute approximate surface area is 159 Å². The molecule has 28 heavy (non-hydrogen) atoms. The average Bonchev–Trinajstić information content (AvgIpc) is 2.61. The Morgan fingerprint density at radius 1 is 1.29 bits per heavy atom. The van der Waals surface area contributed by atoms with Crippen LogP contribution in [0, 0.1) is 0 Å². The van der Waals surface area contributed by atoms with Crippen LogP contribution in [0.5, 0.6) is 11.6 Å². The first-order valence-electron chi connectivity index (χ1n) is 8.80. The number of rotatable bonds is 4. The molecule has 3 rings (SSSR count). The number of alkyl halides is 3. The van der Waals surface area contributed by atoms with E-state index in [-0.39, 0.29) is 11.9 Å². The highest BCUT2D eigenvalue weighted by atomic mass is 19.4. The second-order valence-electron chi connectivity index (χ2n) is 6.60. The molecule has 2 aromatic rings. The van der Waals surface area contributed by atoms with Gasteiger partial charge in [0.05, 0.1) is 5.56 Å². The fourth-order valence-electron chi connectivity index (χ4n) is 3.16. The van der Waals surface area contributed by atoms with E-state index in [1.807, 2.05) is 12.1 Å². The lowest BCUT2D eigenvalue weighted by molar-refractivity contribution is -0.137. The summed E-state index contributed by atoms with van der Waals surface area (Å²) in [5.74, 6) is 0.527. The predicted molar refractivity (Wildman–Crippen MR) is 97.1 cm³/mol. The molecule has 1 saturated carbocycles. The molecule has 8 heteroatoms. The van der Waals surface area contributed by atoms with Gasteiger partial charge >= 0.3 is 12.3 Å². The molecule has 0 aliphatic heterocycles. The molecule has 1 aromatic carbocycles. The highest BCUT2D eigenvalue weighted by Gasteiger charge is 2.30. The molecule has 1 aliphatic rings. The number of carboxylic acid groups (broad SMARTS) is 1. The fraction of sp³-hybridized carbons (Fsp3) is 0.300. The largest absolute Gasteiger partial charge is 0.465 e. The third-order valence-electron chi connectivity index (χ3n) is 4.40. The van der Waals surface area contributed by atoms with Crippen molar-refractivity contribution >= 4 is 12.2 Å². The van der Waals surface area contributed by atoms with Crippen molar-refractivity contribution in [3.63, 3.8) is 0 Å². The fourth-order valence-corrected chi connectivity index (χ4v) is 3.16. The summed E-state index contributed by atoms with van der Waals surface area (Å²) < 4.78 is 43.3. The Morgan fingerprint density at radius 2 is 2.11 bits per heavy atom. The molecule has 1 amide bonds. The number of carbonyl (C=O) groups is 1. The van der Waals surface area contributed by atoms with Crippen molar-refractivity contribution in [1.29, 1.82) is 0 Å². The van der Waals surface area contributed by atoms with E-state index in [9.17, 15) is 18.0 Å². The van der Waals surface area contributed by atoms with Crippen LogP contribution in [-0.2, 0) is 6.18 Å². The zero-order chi connectivity index (χ0) is 20.1. The molecule has 1 aliphatic carbocycles. The van der Waals surface area contributed by atoms with Crippen molar-refractivity contribution in [3.05, 3.63) is 59.3 Å². The Kier molecular flexibility index (Phi) is 5.87. The van der Waals surface area contributed by atoms with Crippen molar-refractivity contribution < 1.29 is 27.8 Å². The van der Waals surface area contributed by atoms with Gasteiger partial charge in [0.2, 0.25) is 5.88 Å². The average molecular weight is 392 g/mol. The maximum absolute atomic E-state index is 12.6. The van der Waals surface area contributed by atoms with Crippen LogP contribution in [0.1, 0.15) is 36.8 Å². The van der Waals surface area contributed by atoms with Crippen LogP contribution in [0.4, 0.5) is 18.0 Å². The van der Waals surface area contributed by atoms with Gasteiger partial charge in [0.25, 0.3) is 0 Å². The molecule has 0 saturated heterocycles. The zero-order valence-corrected chi connectivity index (χ0v) is 14.9. The molecule has 1 fully saturated rings. The van der Waals surface area contributed by atoms with Crippen molar-refractivity contribution in [1.82, 2.24) is 10.3 Å². The molecule has 0 spiro atoms. The number of pyridine rings is 1. The summed E-state index contributed by atoms with van der Waals surface area (Å²) in [6.07, 6.45) is 0.522. The van der Waals surface area contributed by atoms with Crippen LogP contribution in [0.25, 0.3) is 6.08 Å². The molecule has 0 bridgehead atoms. The lowest BCUT2D eigenvalue weighted by Crippen LogP contribution is -2.35. The third kappa shape index (κ3) is 5.48. The summed E-state index contributed by atoms with van der Waals surface area (Å²) in [4.78, 5) is 14.5. The van der Waals surface area contributed by atoms with E-state index < -0.39 is 17.8 Å². The molecular weight excluding hydrogens is 373 g/mol. The zero-order valence-electron chi connectivity index (χ0n) is 14.9. The van der Waals surface area contributed by atoms with Gasteiger partial charge in [0.1, 0.15) is 5.75 Å². The molecule has 1 unspecified atom stereocenters. The molecule has 5 nitrogen and oxygen atoms in total. The van der Waals surface area contributed by atoms with Gasteiger partial charge in [-0.2, -0.15) is 13.2 Å². The van der Waals surface area contributed by atoms with Crippen molar-refractivity contribution in [3.8, 4) is 11.6 Å². The van der Waals surface area contributed by atoms with Gasteiger partial charge in [0, 0.05) is 18.3 Å². The van der Waals surface area contributed by atoms with E-state index in [1.165, 1.54) is 6.07 Å². The maximum atomic E-state index is 12.6. The predicted octanol–water partition coefficient (Wildman–Crippen LogP) is 5.49. The summed E-state index contributed by atoms with van der Waals surface area (Å²) in [6.45, 7) is 0. The maximum Gasteiger partial charge on any atom is 0.417 e. The molecule has 1 atom stereocenters. The number of nitrogens with zero attached hydrogens (tertiary/aromatic N) is 1. The Morgan fingerprint density at radius 3 is 2.79 bits per heavy atom. The SMILES string of the molecule is O=C(O)NC1CCCC(=Cc2cccc(Oc3ccc(C(F)(F)F)cn3)c2)C1. The molecule has 0 radical (unpaired) electrons. The molecular formula is C20H19F3N2O3. The Bertz CT molecular complexity index is 864. The molecule has 1 aromatic heterocycles. The molecule has 1 heterocycles. The van der Waals surface area contributed by atoms with E-state index in [0.717, 1.165) is 42.7 Å². The normalized spacial score (nSPS) is 18.7. The number of aromatic nitrogens is 1. The lowest BCUT2D eigenvalue weighted by Gasteiger charge is -2.24. The second-order valence-corrected chi connectivity index (χ2v) is 6.60. The van der Waals surface area contributed by atoms with E-state index in [4.69, 9.17) is 9.84 Å². The Hall–Kier alpha value is -3.03. The topological polar surface area (TPSA) is 71.5 Å². The Balaban J connectivity index is 1.69. The molecule has 148 valence electrons. The van der Waals surface area contributed by atoms with E-state index >= 15 is 0 Å². The number of nitrogens with one attached hydrogen (secondary N) is 1. The second kappa shape index (κ2) is 8.33. The standard InChI is InChI=1S/C20H19F3N2O3/c21-20(22,23)15-7-8-18(24-12-15)28-17-6-2-4-14(11-17)9-13-3-1-5-16(10-13)25-19(26)27/h2,4,6-9,11-12,16,25H,1,3,5,10H2,(H,26,27). The van der Waals surface area contributed by atoms with Crippen LogP contribution in [-0.4, -0.2) is 22.2 Å². The van der Waals surface area contributed by atoms with Crippen molar-refractivity contribution in [2.75, 3.05) is 0 Å². The summed E-state index contributed by atoms with van der Waals surface area (Å²) in [5.41, 5.74) is 1.17. The first-order valence-corrected chi connectivity index (χ1v) is 8.80. The van der Waals surface area contributed by atoms with Crippen molar-refractivity contribution in [2.24, 2.45) is 0 Å². The van der Waals surface area contributed by atoms with E-state index in [2.05, 4.69) is 10.3 Å². The quantitative estimate of drug-likeness (QED) is 0.722. The van der Waals surface area contributed by atoms with Gasteiger partial charge in [0.15, 0.2) is 0 Å². The first-order chi connectivity index (χ1) is 13.3. The third-order valence-corrected chi connectivity index (χ3v) is 4.40. The number of hydrogen-bond acceptors (Lipinski definition) is 3. The van der Waals surface area contributed by atoms with Gasteiger partial charge in [-0.25, -0.2) is 9.78 Å². The number of benzene rings is 1. The summed E-state index contributed by atoms with van der Waals surface area (Å²) in [7, 11) is 0. The van der Waals surface area contributed by atoms with Gasteiger partial charge in [-0.1, -0.05) is 23.8 Å². The highest BCUT2D eigenvalue weighted by molar-refractivity contribution is 5.65. The monoisotopic (exact) mass is 392 g/mol. The van der Waals surface area contributed by atoms with Crippen LogP contribution < -0.4 is 10.1 Å². The number of ether oxygens (including phenoxy) is 1. The van der Waals surface area contributed by atoms with Gasteiger partial charge in [-0.3, -0.25) is 0 Å². The summed E-state index contributed by atoms with van der Waals surface area (Å²) >= 11 is 0. The summed E-state index contributed by atoms with van der Waals surface area (Å²) in [5, 5.41) is 11.4. The minimum Gasteiger partial charge on any atom is -0.465 e. The minimum absolute atomic E-state index is 0.0705. The van der Waals surface area contributed by atoms with Crippen LogP contribution in [0.2, 0.25) is 0 Å². The van der Waals surface area contributed by atoms with Crippen LogP contribution in [0.15, 0.2) is 48.2 Å². The first kappa shape index (κ1) is 19.7.